The zero-order chi connectivity index (χ0) is 12.7. The van der Waals surface area contributed by atoms with E-state index in [4.69, 9.17) is 10.9 Å². The van der Waals surface area contributed by atoms with Gasteiger partial charge in [0.15, 0.2) is 5.84 Å². The molecule has 0 aliphatic heterocycles. The van der Waals surface area contributed by atoms with Crippen LogP contribution in [0.5, 0.6) is 0 Å². The van der Waals surface area contributed by atoms with Crippen molar-refractivity contribution < 1.29 is 5.21 Å². The fourth-order valence-electron chi connectivity index (χ4n) is 1.42. The van der Waals surface area contributed by atoms with Gasteiger partial charge in [0.2, 0.25) is 0 Å². The Hall–Kier alpha value is -0.810. The van der Waals surface area contributed by atoms with Gasteiger partial charge in [-0.1, -0.05) is 25.1 Å². The van der Waals surface area contributed by atoms with E-state index in [1.807, 2.05) is 18.2 Å². The molecule has 0 radical (unpaired) electrons. The van der Waals surface area contributed by atoms with Crippen LogP contribution < -0.4 is 5.73 Å². The molecule has 17 heavy (non-hydrogen) atoms. The van der Waals surface area contributed by atoms with Crippen LogP contribution >= 0.6 is 23.5 Å². The molecule has 0 heterocycles. The van der Waals surface area contributed by atoms with Crippen molar-refractivity contribution in [2.45, 2.75) is 30.1 Å². The predicted octanol–water partition coefficient (Wildman–Crippen LogP) is 3.40. The standard InChI is InChI=1S/C12H18N2OS2/c1-3-8-17-10-7-5-6-9(16-4-2)11(10)12(13)14-15/h5-7,15H,3-4,8H2,1-2H3,(H2,13,14). The fraction of sp³-hybridized carbons (Fsp3) is 0.417. The molecule has 0 amide bonds. The van der Waals surface area contributed by atoms with Crippen LogP contribution in [0, 0.1) is 0 Å². The maximum Gasteiger partial charge on any atom is 0.172 e. The summed E-state index contributed by atoms with van der Waals surface area (Å²) in [5.74, 6) is 2.19. The Balaban J connectivity index is 3.14. The van der Waals surface area contributed by atoms with Crippen LogP contribution in [0.1, 0.15) is 25.8 Å². The first kappa shape index (κ1) is 14.3. The molecule has 0 saturated heterocycles. The van der Waals surface area contributed by atoms with Crippen LogP contribution in [0.15, 0.2) is 33.1 Å². The van der Waals surface area contributed by atoms with Crippen LogP contribution in [0.2, 0.25) is 0 Å². The molecule has 0 aliphatic rings. The SMILES string of the molecule is CCCSc1cccc(SCC)c1/C(N)=N/O. The minimum absolute atomic E-state index is 0.195. The number of oxime groups is 1. The maximum atomic E-state index is 8.88. The molecule has 3 nitrogen and oxygen atoms in total. The van der Waals surface area contributed by atoms with Crippen LogP contribution in [0.4, 0.5) is 0 Å². The van der Waals surface area contributed by atoms with Gasteiger partial charge in [-0.15, -0.1) is 23.5 Å². The van der Waals surface area contributed by atoms with Crippen molar-refractivity contribution in [3.8, 4) is 0 Å². The minimum atomic E-state index is 0.195. The van der Waals surface area contributed by atoms with Gasteiger partial charge in [0.05, 0.1) is 0 Å². The third-order valence-corrected chi connectivity index (χ3v) is 4.32. The fourth-order valence-corrected chi connectivity index (χ4v) is 3.29. The second-order valence-electron chi connectivity index (χ2n) is 3.40. The Bertz CT molecular complexity index is 394. The second kappa shape index (κ2) is 7.50. The summed E-state index contributed by atoms with van der Waals surface area (Å²) in [4.78, 5) is 2.16. The van der Waals surface area contributed by atoms with E-state index in [2.05, 4.69) is 19.0 Å². The summed E-state index contributed by atoms with van der Waals surface area (Å²) in [6, 6.07) is 6.05. The quantitative estimate of drug-likeness (QED) is 0.273. The number of amidine groups is 1. The van der Waals surface area contributed by atoms with Crippen molar-refractivity contribution in [2.75, 3.05) is 11.5 Å². The van der Waals surface area contributed by atoms with Crippen molar-refractivity contribution in [3.63, 3.8) is 0 Å². The molecule has 0 aliphatic carbocycles. The van der Waals surface area contributed by atoms with Gasteiger partial charge < -0.3 is 10.9 Å². The van der Waals surface area contributed by atoms with Crippen molar-refractivity contribution in [1.82, 2.24) is 0 Å². The molecule has 1 aromatic rings. The summed E-state index contributed by atoms with van der Waals surface area (Å²) in [6.07, 6.45) is 1.10. The molecule has 0 saturated carbocycles. The van der Waals surface area contributed by atoms with Gasteiger partial charge in [0.25, 0.3) is 0 Å². The second-order valence-corrected chi connectivity index (χ2v) is 5.84. The van der Waals surface area contributed by atoms with Gasteiger partial charge >= 0.3 is 0 Å². The number of hydrogen-bond acceptors (Lipinski definition) is 4. The summed E-state index contributed by atoms with van der Waals surface area (Å²) in [5.41, 5.74) is 6.63. The number of nitrogens with zero attached hydrogens (tertiary/aromatic N) is 1. The number of benzene rings is 1. The summed E-state index contributed by atoms with van der Waals surface area (Å²) >= 11 is 3.45. The van der Waals surface area contributed by atoms with E-state index >= 15 is 0 Å². The van der Waals surface area contributed by atoms with E-state index < -0.39 is 0 Å². The Labute approximate surface area is 111 Å². The summed E-state index contributed by atoms with van der Waals surface area (Å²) in [7, 11) is 0. The van der Waals surface area contributed by atoms with E-state index in [1.54, 1.807) is 23.5 Å². The first-order valence-electron chi connectivity index (χ1n) is 5.61. The summed E-state index contributed by atoms with van der Waals surface area (Å²) in [5, 5.41) is 12.0. The molecule has 0 spiro atoms. The first-order chi connectivity index (χ1) is 8.24. The highest BCUT2D eigenvalue weighted by atomic mass is 32.2. The van der Waals surface area contributed by atoms with Gasteiger partial charge in [-0.05, 0) is 30.1 Å². The molecule has 0 fully saturated rings. The molecule has 0 bridgehead atoms. The van der Waals surface area contributed by atoms with E-state index in [0.717, 1.165) is 33.3 Å². The van der Waals surface area contributed by atoms with Gasteiger partial charge in [-0.25, -0.2) is 0 Å². The molecule has 0 atom stereocenters. The Morgan fingerprint density at radius 2 is 1.94 bits per heavy atom. The molecule has 1 rings (SSSR count). The number of nitrogens with two attached hydrogens (primary N) is 1. The van der Waals surface area contributed by atoms with Gasteiger partial charge in [0.1, 0.15) is 0 Å². The first-order valence-corrected chi connectivity index (χ1v) is 7.58. The van der Waals surface area contributed by atoms with Crippen LogP contribution in [-0.2, 0) is 0 Å². The zero-order valence-electron chi connectivity index (χ0n) is 10.1. The van der Waals surface area contributed by atoms with Gasteiger partial charge in [-0.3, -0.25) is 0 Å². The third-order valence-electron chi connectivity index (χ3n) is 2.11. The summed E-state index contributed by atoms with van der Waals surface area (Å²) < 4.78 is 0. The largest absolute Gasteiger partial charge is 0.409 e. The predicted molar refractivity (Wildman–Crippen MR) is 76.4 cm³/mol. The van der Waals surface area contributed by atoms with Gasteiger partial charge in [-0.2, -0.15) is 0 Å². The molecule has 5 heteroatoms. The highest BCUT2D eigenvalue weighted by molar-refractivity contribution is 8.00. The van der Waals surface area contributed by atoms with E-state index in [-0.39, 0.29) is 5.84 Å². The lowest BCUT2D eigenvalue weighted by atomic mass is 10.2. The van der Waals surface area contributed by atoms with Gasteiger partial charge in [0, 0.05) is 15.4 Å². The number of thioether (sulfide) groups is 2. The lowest BCUT2D eigenvalue weighted by molar-refractivity contribution is 0.318. The van der Waals surface area contributed by atoms with E-state index in [9.17, 15) is 0 Å². The Morgan fingerprint density at radius 1 is 1.29 bits per heavy atom. The maximum absolute atomic E-state index is 8.88. The average molecular weight is 270 g/mol. The Kier molecular flexibility index (Phi) is 6.29. The normalized spacial score (nSPS) is 11.8. The average Bonchev–Trinajstić information content (AvgIpc) is 2.36. The van der Waals surface area contributed by atoms with E-state index in [1.165, 1.54) is 0 Å². The Morgan fingerprint density at radius 3 is 2.47 bits per heavy atom. The molecular formula is C12H18N2OS2. The van der Waals surface area contributed by atoms with Crippen molar-refractivity contribution in [3.05, 3.63) is 23.8 Å². The van der Waals surface area contributed by atoms with Crippen molar-refractivity contribution in [1.29, 1.82) is 0 Å². The van der Waals surface area contributed by atoms with Crippen molar-refractivity contribution in [2.24, 2.45) is 10.9 Å². The highest BCUT2D eigenvalue weighted by Gasteiger charge is 2.12. The lowest BCUT2D eigenvalue weighted by Crippen LogP contribution is -2.15. The van der Waals surface area contributed by atoms with E-state index in [0.29, 0.717) is 0 Å². The highest BCUT2D eigenvalue weighted by Crippen LogP contribution is 2.31. The van der Waals surface area contributed by atoms with Crippen LogP contribution in [-0.4, -0.2) is 22.5 Å². The molecule has 94 valence electrons. The van der Waals surface area contributed by atoms with Crippen LogP contribution in [0.3, 0.4) is 0 Å². The third kappa shape index (κ3) is 3.85. The molecule has 0 unspecified atom stereocenters. The smallest absolute Gasteiger partial charge is 0.172 e. The minimum Gasteiger partial charge on any atom is -0.409 e. The monoisotopic (exact) mass is 270 g/mol. The molecule has 1 aromatic carbocycles. The van der Waals surface area contributed by atoms with Crippen molar-refractivity contribution >= 4 is 29.4 Å². The zero-order valence-corrected chi connectivity index (χ0v) is 11.8. The number of hydrogen-bond donors (Lipinski definition) is 2. The summed E-state index contributed by atoms with van der Waals surface area (Å²) in [6.45, 7) is 4.23. The van der Waals surface area contributed by atoms with Crippen LogP contribution in [0.25, 0.3) is 0 Å². The molecule has 3 N–H and O–H groups in total. The molecule has 0 aromatic heterocycles. The number of rotatable bonds is 6. The topological polar surface area (TPSA) is 58.6 Å². The lowest BCUT2D eigenvalue weighted by Gasteiger charge is -2.12. The molecular weight excluding hydrogens is 252 g/mol.